The van der Waals surface area contributed by atoms with Crippen LogP contribution in [0.15, 0.2) is 30.5 Å². The van der Waals surface area contributed by atoms with Crippen LogP contribution < -0.4 is 5.73 Å². The molecule has 0 radical (unpaired) electrons. The van der Waals surface area contributed by atoms with Gasteiger partial charge in [-0.3, -0.25) is 0 Å². The number of aromatic carboxylic acids is 1. The highest BCUT2D eigenvalue weighted by Crippen LogP contribution is 2.15. The first-order valence-corrected chi connectivity index (χ1v) is 4.42. The molecule has 0 aliphatic heterocycles. The predicted octanol–water partition coefficient (Wildman–Crippen LogP) is 1.29. The molecule has 0 fully saturated rings. The van der Waals surface area contributed by atoms with Gasteiger partial charge in [0.05, 0.1) is 11.4 Å². The van der Waals surface area contributed by atoms with Crippen LogP contribution in [0.1, 0.15) is 10.5 Å². The minimum atomic E-state index is -1.13. The Hall–Kier alpha value is -2.37. The van der Waals surface area contributed by atoms with Crippen LogP contribution in [-0.4, -0.2) is 20.9 Å². The van der Waals surface area contributed by atoms with E-state index in [2.05, 4.69) is 5.10 Å². The lowest BCUT2D eigenvalue weighted by atomic mass is 10.3. The third-order valence-corrected chi connectivity index (χ3v) is 2.06. The van der Waals surface area contributed by atoms with Crippen LogP contribution in [-0.2, 0) is 0 Å². The average Bonchev–Trinajstić information content (AvgIpc) is 2.71. The van der Waals surface area contributed by atoms with E-state index in [9.17, 15) is 9.18 Å². The monoisotopic (exact) mass is 221 g/mol. The van der Waals surface area contributed by atoms with Gasteiger partial charge in [0, 0.05) is 12.3 Å². The fourth-order valence-corrected chi connectivity index (χ4v) is 1.24. The Morgan fingerprint density at radius 2 is 2.19 bits per heavy atom. The van der Waals surface area contributed by atoms with Gasteiger partial charge in [-0.15, -0.1) is 0 Å². The quantitative estimate of drug-likeness (QED) is 0.749. The number of carboxylic acid groups (broad SMARTS) is 1. The minimum Gasteiger partial charge on any atom is -0.476 e. The van der Waals surface area contributed by atoms with Crippen molar-refractivity contribution in [1.82, 2.24) is 9.78 Å². The lowest BCUT2D eigenvalue weighted by Gasteiger charge is -2.02. The van der Waals surface area contributed by atoms with Crippen molar-refractivity contribution in [2.45, 2.75) is 0 Å². The highest BCUT2D eigenvalue weighted by atomic mass is 19.1. The Labute approximate surface area is 89.9 Å². The molecule has 5 nitrogen and oxygen atoms in total. The maximum absolute atomic E-state index is 13.1. The number of nitrogens with two attached hydrogens (primary N) is 1. The molecular formula is C10H8FN3O2. The fraction of sp³-hybridized carbons (Fsp3) is 0. The number of carboxylic acids is 1. The van der Waals surface area contributed by atoms with Crippen molar-refractivity contribution in [3.63, 3.8) is 0 Å². The van der Waals surface area contributed by atoms with Crippen LogP contribution in [0.4, 0.5) is 10.1 Å². The second-order valence-electron chi connectivity index (χ2n) is 3.16. The van der Waals surface area contributed by atoms with Crippen LogP contribution in [0.2, 0.25) is 0 Å². The van der Waals surface area contributed by atoms with E-state index in [4.69, 9.17) is 10.8 Å². The minimum absolute atomic E-state index is 0.0364. The zero-order valence-corrected chi connectivity index (χ0v) is 8.09. The van der Waals surface area contributed by atoms with Gasteiger partial charge in [-0.1, -0.05) is 0 Å². The molecule has 3 N–H and O–H groups in total. The number of hydrogen-bond donors (Lipinski definition) is 2. The third-order valence-electron chi connectivity index (χ3n) is 2.06. The maximum Gasteiger partial charge on any atom is 0.356 e. The molecule has 0 unspecified atom stereocenters. The van der Waals surface area contributed by atoms with Crippen LogP contribution in [0.25, 0.3) is 5.69 Å². The summed E-state index contributed by atoms with van der Waals surface area (Å²) < 4.78 is 14.4. The van der Waals surface area contributed by atoms with Gasteiger partial charge in [0.25, 0.3) is 0 Å². The third kappa shape index (κ3) is 1.72. The highest BCUT2D eigenvalue weighted by Gasteiger charge is 2.08. The molecule has 1 aromatic carbocycles. The van der Waals surface area contributed by atoms with Gasteiger partial charge >= 0.3 is 5.97 Å². The SMILES string of the molecule is Nc1ccc(-n2ccc(C(=O)O)n2)cc1F. The average molecular weight is 221 g/mol. The van der Waals surface area contributed by atoms with E-state index in [1.54, 1.807) is 6.07 Å². The van der Waals surface area contributed by atoms with E-state index in [1.807, 2.05) is 0 Å². The molecule has 2 rings (SSSR count). The summed E-state index contributed by atoms with van der Waals surface area (Å²) in [6.45, 7) is 0. The van der Waals surface area contributed by atoms with Crippen LogP contribution in [0.5, 0.6) is 0 Å². The van der Waals surface area contributed by atoms with Crippen molar-refractivity contribution in [2.24, 2.45) is 0 Å². The summed E-state index contributed by atoms with van der Waals surface area (Å²) in [6, 6.07) is 5.47. The van der Waals surface area contributed by atoms with Gasteiger partial charge in [-0.2, -0.15) is 5.10 Å². The summed E-state index contributed by atoms with van der Waals surface area (Å²) in [5.41, 5.74) is 5.67. The number of nitrogens with zero attached hydrogens (tertiary/aromatic N) is 2. The van der Waals surface area contributed by atoms with Crippen LogP contribution >= 0.6 is 0 Å². The Bertz CT molecular complexity index is 551. The number of benzene rings is 1. The fourth-order valence-electron chi connectivity index (χ4n) is 1.24. The molecule has 0 amide bonds. The molecule has 0 saturated carbocycles. The van der Waals surface area contributed by atoms with E-state index in [0.29, 0.717) is 5.69 Å². The first kappa shape index (κ1) is 10.2. The maximum atomic E-state index is 13.1. The Balaban J connectivity index is 2.42. The highest BCUT2D eigenvalue weighted by molar-refractivity contribution is 5.85. The molecule has 82 valence electrons. The number of aromatic nitrogens is 2. The van der Waals surface area contributed by atoms with E-state index in [-0.39, 0.29) is 11.4 Å². The molecule has 0 aliphatic rings. The summed E-state index contributed by atoms with van der Waals surface area (Å²) in [6.07, 6.45) is 1.44. The van der Waals surface area contributed by atoms with Crippen molar-refractivity contribution in [3.05, 3.63) is 42.0 Å². The van der Waals surface area contributed by atoms with Gasteiger partial charge in [0.1, 0.15) is 5.82 Å². The first-order valence-electron chi connectivity index (χ1n) is 4.42. The van der Waals surface area contributed by atoms with Gasteiger partial charge in [0.2, 0.25) is 0 Å². The number of hydrogen-bond acceptors (Lipinski definition) is 3. The molecule has 2 aromatic rings. The molecule has 0 bridgehead atoms. The predicted molar refractivity (Wildman–Crippen MR) is 54.9 cm³/mol. The number of rotatable bonds is 2. The summed E-state index contributed by atoms with van der Waals surface area (Å²) in [7, 11) is 0. The molecular weight excluding hydrogens is 213 g/mol. The standard InChI is InChI=1S/C10H8FN3O2/c11-7-5-6(1-2-8(7)12)14-4-3-9(13-14)10(15)16/h1-5H,12H2,(H,15,16). The summed E-state index contributed by atoms with van der Waals surface area (Å²) in [5, 5.41) is 12.4. The zero-order chi connectivity index (χ0) is 11.7. The molecule has 1 heterocycles. The summed E-state index contributed by atoms with van der Waals surface area (Å²) in [5.74, 6) is -1.69. The molecule has 0 spiro atoms. The number of carbonyl (C=O) groups is 1. The summed E-state index contributed by atoms with van der Waals surface area (Å²) >= 11 is 0. The van der Waals surface area contributed by atoms with Gasteiger partial charge in [0.15, 0.2) is 5.69 Å². The lowest BCUT2D eigenvalue weighted by molar-refractivity contribution is 0.0690. The molecule has 16 heavy (non-hydrogen) atoms. The van der Waals surface area contributed by atoms with Gasteiger partial charge < -0.3 is 10.8 Å². The van der Waals surface area contributed by atoms with Crippen molar-refractivity contribution in [2.75, 3.05) is 5.73 Å². The van der Waals surface area contributed by atoms with Crippen molar-refractivity contribution >= 4 is 11.7 Å². The summed E-state index contributed by atoms with van der Waals surface area (Å²) in [4.78, 5) is 10.6. The molecule has 0 atom stereocenters. The van der Waals surface area contributed by atoms with E-state index >= 15 is 0 Å². The molecule has 6 heteroatoms. The molecule has 0 aliphatic carbocycles. The van der Waals surface area contributed by atoms with Gasteiger partial charge in [-0.05, 0) is 18.2 Å². The normalized spacial score (nSPS) is 10.3. The van der Waals surface area contributed by atoms with Gasteiger partial charge in [-0.25, -0.2) is 13.9 Å². The van der Waals surface area contributed by atoms with Crippen molar-refractivity contribution in [1.29, 1.82) is 0 Å². The topological polar surface area (TPSA) is 81.1 Å². The Morgan fingerprint density at radius 3 is 2.75 bits per heavy atom. The van der Waals surface area contributed by atoms with Crippen LogP contribution in [0, 0.1) is 5.82 Å². The molecule has 0 saturated heterocycles. The smallest absolute Gasteiger partial charge is 0.356 e. The van der Waals surface area contributed by atoms with Crippen LogP contribution in [0.3, 0.4) is 0 Å². The second-order valence-corrected chi connectivity index (χ2v) is 3.16. The first-order chi connectivity index (χ1) is 7.58. The second kappa shape index (κ2) is 3.65. The number of nitrogen functional groups attached to an aromatic ring is 1. The zero-order valence-electron chi connectivity index (χ0n) is 8.09. The van der Waals surface area contributed by atoms with E-state index in [1.165, 1.54) is 29.1 Å². The largest absolute Gasteiger partial charge is 0.476 e. The number of anilines is 1. The Kier molecular flexibility index (Phi) is 2.32. The van der Waals surface area contributed by atoms with Crippen molar-refractivity contribution in [3.8, 4) is 5.69 Å². The number of halogens is 1. The van der Waals surface area contributed by atoms with E-state index < -0.39 is 11.8 Å². The Morgan fingerprint density at radius 1 is 1.44 bits per heavy atom. The van der Waals surface area contributed by atoms with Crippen molar-refractivity contribution < 1.29 is 14.3 Å². The lowest BCUT2D eigenvalue weighted by Crippen LogP contribution is -2.01. The molecule has 1 aromatic heterocycles. The van der Waals surface area contributed by atoms with E-state index in [0.717, 1.165) is 0 Å².